The molecule has 0 spiro atoms. The van der Waals surface area contributed by atoms with Gasteiger partial charge in [0.1, 0.15) is 5.60 Å². The molecule has 1 amide bonds. The lowest BCUT2D eigenvalue weighted by molar-refractivity contribution is 0.0523. The van der Waals surface area contributed by atoms with Gasteiger partial charge in [0, 0.05) is 17.9 Å². The Balaban J connectivity index is 2.62. The number of anilines is 2. The van der Waals surface area contributed by atoms with Crippen molar-refractivity contribution in [3.63, 3.8) is 0 Å². The summed E-state index contributed by atoms with van der Waals surface area (Å²) in [6.45, 7) is 9.40. The fourth-order valence-corrected chi connectivity index (χ4v) is 1.51. The average Bonchev–Trinajstić information content (AvgIpc) is 2.24. The predicted octanol–water partition coefficient (Wildman–Crippen LogP) is 2.85. The molecule has 0 aliphatic heterocycles. The van der Waals surface area contributed by atoms with Gasteiger partial charge >= 0.3 is 6.09 Å². The smallest absolute Gasteiger partial charge is 0.407 e. The van der Waals surface area contributed by atoms with Gasteiger partial charge in [0.25, 0.3) is 0 Å². The highest BCUT2D eigenvalue weighted by atomic mass is 16.6. The Bertz CT molecular complexity index is 464. The Morgan fingerprint density at radius 1 is 1.42 bits per heavy atom. The summed E-state index contributed by atoms with van der Waals surface area (Å²) in [7, 11) is 0. The molecule has 0 radical (unpaired) electrons. The van der Waals surface area contributed by atoms with E-state index in [0.29, 0.717) is 12.2 Å². The highest BCUT2D eigenvalue weighted by Crippen LogP contribution is 2.16. The maximum atomic E-state index is 11.5. The molecule has 0 heterocycles. The SMILES string of the molecule is C=CNc1cc(N)cc(CNC(=O)OC(C)(C)C)c1. The van der Waals surface area contributed by atoms with E-state index < -0.39 is 11.7 Å². The third-order valence-electron chi connectivity index (χ3n) is 2.12. The molecule has 0 atom stereocenters. The van der Waals surface area contributed by atoms with Crippen LogP contribution in [0.15, 0.2) is 31.0 Å². The molecule has 4 N–H and O–H groups in total. The van der Waals surface area contributed by atoms with Crippen LogP contribution in [-0.4, -0.2) is 11.7 Å². The summed E-state index contributed by atoms with van der Waals surface area (Å²) in [6.07, 6.45) is 1.12. The van der Waals surface area contributed by atoms with Crippen LogP contribution in [0.2, 0.25) is 0 Å². The second kappa shape index (κ2) is 6.13. The second-order valence-electron chi connectivity index (χ2n) is 5.17. The molecule has 5 heteroatoms. The van der Waals surface area contributed by atoms with Crippen LogP contribution in [0, 0.1) is 0 Å². The van der Waals surface area contributed by atoms with Crippen molar-refractivity contribution in [2.75, 3.05) is 11.1 Å². The van der Waals surface area contributed by atoms with Gasteiger partial charge in [0.2, 0.25) is 0 Å². The van der Waals surface area contributed by atoms with Crippen molar-refractivity contribution in [2.24, 2.45) is 0 Å². The van der Waals surface area contributed by atoms with Crippen LogP contribution in [0.1, 0.15) is 26.3 Å². The second-order valence-corrected chi connectivity index (χ2v) is 5.17. The number of hydrogen-bond acceptors (Lipinski definition) is 4. The number of nitrogens with one attached hydrogen (secondary N) is 2. The number of benzene rings is 1. The highest BCUT2D eigenvalue weighted by molar-refractivity contribution is 5.68. The lowest BCUT2D eigenvalue weighted by atomic mass is 10.1. The van der Waals surface area contributed by atoms with Gasteiger partial charge in [0.05, 0.1) is 0 Å². The lowest BCUT2D eigenvalue weighted by Gasteiger charge is -2.19. The normalized spacial score (nSPS) is 10.7. The van der Waals surface area contributed by atoms with Crippen LogP contribution in [-0.2, 0) is 11.3 Å². The van der Waals surface area contributed by atoms with Crippen molar-refractivity contribution < 1.29 is 9.53 Å². The monoisotopic (exact) mass is 263 g/mol. The first-order chi connectivity index (χ1) is 8.80. The molecular formula is C14H21N3O2. The maximum Gasteiger partial charge on any atom is 0.407 e. The number of alkyl carbamates (subject to hydrolysis) is 1. The molecule has 1 aromatic rings. The fourth-order valence-electron chi connectivity index (χ4n) is 1.51. The quantitative estimate of drug-likeness (QED) is 0.730. The molecule has 0 aromatic heterocycles. The summed E-state index contributed by atoms with van der Waals surface area (Å²) in [5.74, 6) is 0. The summed E-state index contributed by atoms with van der Waals surface area (Å²) in [4.78, 5) is 11.5. The summed E-state index contributed by atoms with van der Waals surface area (Å²) >= 11 is 0. The zero-order valence-corrected chi connectivity index (χ0v) is 11.6. The van der Waals surface area contributed by atoms with Gasteiger partial charge in [-0.1, -0.05) is 6.58 Å². The maximum absolute atomic E-state index is 11.5. The number of ether oxygens (including phenoxy) is 1. The van der Waals surface area contributed by atoms with E-state index >= 15 is 0 Å². The lowest BCUT2D eigenvalue weighted by Crippen LogP contribution is -2.32. The van der Waals surface area contributed by atoms with E-state index in [1.54, 1.807) is 18.3 Å². The molecule has 5 nitrogen and oxygen atoms in total. The number of carbonyl (C=O) groups excluding carboxylic acids is 1. The minimum absolute atomic E-state index is 0.353. The number of nitrogen functional groups attached to an aromatic ring is 1. The average molecular weight is 263 g/mol. The van der Waals surface area contributed by atoms with Crippen molar-refractivity contribution in [1.29, 1.82) is 0 Å². The molecule has 0 aliphatic rings. The van der Waals surface area contributed by atoms with Gasteiger partial charge < -0.3 is 21.1 Å². The molecule has 0 fully saturated rings. The molecule has 104 valence electrons. The Labute approximate surface area is 113 Å². The number of rotatable bonds is 4. The molecule has 0 aliphatic carbocycles. The first kappa shape index (κ1) is 14.9. The van der Waals surface area contributed by atoms with Gasteiger partial charge in [-0.05, 0) is 50.7 Å². The molecule has 1 aromatic carbocycles. The van der Waals surface area contributed by atoms with Gasteiger partial charge in [-0.2, -0.15) is 0 Å². The van der Waals surface area contributed by atoms with Crippen molar-refractivity contribution in [3.8, 4) is 0 Å². The number of nitrogens with two attached hydrogens (primary N) is 1. The molecule has 0 bridgehead atoms. The summed E-state index contributed by atoms with van der Waals surface area (Å²) in [5.41, 5.74) is 7.61. The largest absolute Gasteiger partial charge is 0.444 e. The van der Waals surface area contributed by atoms with Crippen molar-refractivity contribution >= 4 is 17.5 Å². The fraction of sp³-hybridized carbons (Fsp3) is 0.357. The summed E-state index contributed by atoms with van der Waals surface area (Å²) in [5, 5.41) is 5.64. The van der Waals surface area contributed by atoms with Crippen LogP contribution in [0.4, 0.5) is 16.2 Å². The van der Waals surface area contributed by atoms with E-state index in [4.69, 9.17) is 10.5 Å². The van der Waals surface area contributed by atoms with E-state index in [2.05, 4.69) is 17.2 Å². The van der Waals surface area contributed by atoms with E-state index in [0.717, 1.165) is 11.3 Å². The van der Waals surface area contributed by atoms with Crippen LogP contribution < -0.4 is 16.4 Å². The molecule has 0 saturated heterocycles. The van der Waals surface area contributed by atoms with E-state index in [9.17, 15) is 4.79 Å². The first-order valence-electron chi connectivity index (χ1n) is 6.04. The minimum atomic E-state index is -0.505. The zero-order valence-electron chi connectivity index (χ0n) is 11.6. The van der Waals surface area contributed by atoms with Crippen LogP contribution in [0.3, 0.4) is 0 Å². The van der Waals surface area contributed by atoms with Crippen molar-refractivity contribution in [2.45, 2.75) is 32.9 Å². The molecule has 1 rings (SSSR count). The van der Waals surface area contributed by atoms with Crippen LogP contribution in [0.5, 0.6) is 0 Å². The topological polar surface area (TPSA) is 76.4 Å². The van der Waals surface area contributed by atoms with Crippen LogP contribution in [0.25, 0.3) is 0 Å². The first-order valence-corrected chi connectivity index (χ1v) is 6.04. The zero-order chi connectivity index (χ0) is 14.5. The summed E-state index contributed by atoms with van der Waals surface area (Å²) in [6, 6.07) is 5.47. The van der Waals surface area contributed by atoms with Gasteiger partial charge in [-0.15, -0.1) is 0 Å². The Morgan fingerprint density at radius 2 is 2.11 bits per heavy atom. The van der Waals surface area contributed by atoms with Crippen molar-refractivity contribution in [1.82, 2.24) is 5.32 Å². The van der Waals surface area contributed by atoms with Crippen LogP contribution >= 0.6 is 0 Å². The number of amides is 1. The molecule has 19 heavy (non-hydrogen) atoms. The highest BCUT2D eigenvalue weighted by Gasteiger charge is 2.15. The van der Waals surface area contributed by atoms with Crippen molar-refractivity contribution in [3.05, 3.63) is 36.5 Å². The van der Waals surface area contributed by atoms with E-state index in [1.807, 2.05) is 26.8 Å². The number of hydrogen-bond donors (Lipinski definition) is 3. The third kappa shape index (κ3) is 5.81. The Hall–Kier alpha value is -2.17. The standard InChI is InChI=1S/C14H21N3O2/c1-5-16-12-7-10(6-11(15)8-12)9-17-13(18)19-14(2,3)4/h5-8,16H,1,9,15H2,2-4H3,(H,17,18). The Kier molecular flexibility index (Phi) is 4.80. The van der Waals surface area contributed by atoms with E-state index in [-0.39, 0.29) is 0 Å². The molecular weight excluding hydrogens is 242 g/mol. The molecule has 0 unspecified atom stereocenters. The van der Waals surface area contributed by atoms with Gasteiger partial charge in [-0.3, -0.25) is 0 Å². The van der Waals surface area contributed by atoms with Gasteiger partial charge in [-0.25, -0.2) is 4.79 Å². The third-order valence-corrected chi connectivity index (χ3v) is 2.12. The van der Waals surface area contributed by atoms with E-state index in [1.165, 1.54) is 0 Å². The van der Waals surface area contributed by atoms with Gasteiger partial charge in [0.15, 0.2) is 0 Å². The number of carbonyl (C=O) groups is 1. The predicted molar refractivity (Wildman–Crippen MR) is 77.7 cm³/mol. The Morgan fingerprint density at radius 3 is 2.68 bits per heavy atom. The minimum Gasteiger partial charge on any atom is -0.444 e. The summed E-state index contributed by atoms with van der Waals surface area (Å²) < 4.78 is 5.15. The molecule has 0 saturated carbocycles.